The Morgan fingerprint density at radius 1 is 0.868 bits per heavy atom. The van der Waals surface area contributed by atoms with Gasteiger partial charge in [0.1, 0.15) is 6.04 Å². The summed E-state index contributed by atoms with van der Waals surface area (Å²) in [6.07, 6.45) is 11.2. The van der Waals surface area contributed by atoms with Gasteiger partial charge in [0.05, 0.1) is 25.8 Å². The third-order valence-corrected chi connectivity index (χ3v) is 8.91. The van der Waals surface area contributed by atoms with Gasteiger partial charge in [0, 0.05) is 49.2 Å². The van der Waals surface area contributed by atoms with Crippen LogP contribution in [0.5, 0.6) is 11.5 Å². The fraction of sp³-hybridized carbons (Fsp3) is 0.643. The topological polar surface area (TPSA) is 101 Å². The second-order valence-electron chi connectivity index (χ2n) is 11.0. The quantitative estimate of drug-likeness (QED) is 0.502. The second kappa shape index (κ2) is 11.0. The van der Waals surface area contributed by atoms with Crippen molar-refractivity contribution in [3.63, 3.8) is 0 Å². The molecule has 204 valence electrons. The summed E-state index contributed by atoms with van der Waals surface area (Å²) >= 11 is 0. The van der Waals surface area contributed by atoms with E-state index in [2.05, 4.69) is 30.3 Å². The molecule has 2 aliphatic carbocycles. The number of rotatable bonds is 7. The van der Waals surface area contributed by atoms with E-state index in [1.54, 1.807) is 14.2 Å². The van der Waals surface area contributed by atoms with Crippen molar-refractivity contribution >= 4 is 10.9 Å². The molecule has 0 bridgehead atoms. The first-order chi connectivity index (χ1) is 18.7. The number of piperazine rings is 1. The number of methoxy groups -OCH3 is 2. The normalized spacial score (nSPS) is 21.2. The van der Waals surface area contributed by atoms with E-state index < -0.39 is 0 Å². The summed E-state index contributed by atoms with van der Waals surface area (Å²) in [5.74, 6) is 1.99. The number of nitrogens with one attached hydrogen (secondary N) is 1. The third kappa shape index (κ3) is 4.80. The van der Waals surface area contributed by atoms with Crippen molar-refractivity contribution in [3.05, 3.63) is 39.9 Å². The van der Waals surface area contributed by atoms with Crippen molar-refractivity contribution in [2.45, 2.75) is 75.9 Å². The number of fused-ring (bicyclic) bond motifs is 1. The summed E-state index contributed by atoms with van der Waals surface area (Å²) in [6, 6.07) is 6.39. The number of benzene rings is 1. The van der Waals surface area contributed by atoms with Crippen LogP contribution in [-0.4, -0.2) is 81.4 Å². The van der Waals surface area contributed by atoms with Gasteiger partial charge in [-0.25, -0.2) is 4.68 Å². The van der Waals surface area contributed by atoms with Crippen LogP contribution in [0.2, 0.25) is 0 Å². The van der Waals surface area contributed by atoms with Crippen LogP contribution >= 0.6 is 0 Å². The number of H-pyrrole nitrogens is 1. The van der Waals surface area contributed by atoms with E-state index in [-0.39, 0.29) is 17.6 Å². The first-order valence-electron chi connectivity index (χ1n) is 14.2. The second-order valence-corrected chi connectivity index (χ2v) is 11.0. The average Bonchev–Trinajstić information content (AvgIpc) is 3.66. The van der Waals surface area contributed by atoms with Crippen LogP contribution in [0.1, 0.15) is 81.3 Å². The Morgan fingerprint density at radius 2 is 1.53 bits per heavy atom. The van der Waals surface area contributed by atoms with E-state index in [9.17, 15) is 4.79 Å². The van der Waals surface area contributed by atoms with Crippen LogP contribution in [0.15, 0.2) is 23.0 Å². The maximum absolute atomic E-state index is 13.7. The summed E-state index contributed by atoms with van der Waals surface area (Å²) in [7, 11) is 3.22. The van der Waals surface area contributed by atoms with Crippen LogP contribution in [0.4, 0.5) is 0 Å². The lowest BCUT2D eigenvalue weighted by Crippen LogP contribution is -2.52. The monoisotopic (exact) mass is 521 g/mol. The molecule has 3 heterocycles. The number of pyridine rings is 1. The molecule has 0 unspecified atom stereocenters. The molecule has 0 amide bonds. The molecule has 0 radical (unpaired) electrons. The molecule has 38 heavy (non-hydrogen) atoms. The lowest BCUT2D eigenvalue weighted by Gasteiger charge is -2.43. The Labute approximate surface area is 223 Å². The van der Waals surface area contributed by atoms with Crippen LogP contribution in [0, 0.1) is 0 Å². The molecule has 1 aromatic carbocycles. The highest BCUT2D eigenvalue weighted by Crippen LogP contribution is 2.36. The maximum atomic E-state index is 13.7. The van der Waals surface area contributed by atoms with Gasteiger partial charge < -0.3 is 14.5 Å². The van der Waals surface area contributed by atoms with Gasteiger partial charge in [0.25, 0.3) is 5.56 Å². The highest BCUT2D eigenvalue weighted by Gasteiger charge is 2.36. The predicted molar refractivity (Wildman–Crippen MR) is 145 cm³/mol. The fourth-order valence-corrected chi connectivity index (χ4v) is 6.85. The molecule has 3 aromatic rings. The molecule has 3 aliphatic rings. The number of aromatic amines is 1. The first-order valence-corrected chi connectivity index (χ1v) is 14.2. The number of hydrogen-bond acceptors (Lipinski definition) is 8. The smallest absolute Gasteiger partial charge is 0.253 e. The van der Waals surface area contributed by atoms with Gasteiger partial charge in [-0.15, -0.1) is 5.10 Å². The minimum Gasteiger partial charge on any atom is -0.493 e. The van der Waals surface area contributed by atoms with Crippen LogP contribution < -0.4 is 15.0 Å². The zero-order valence-electron chi connectivity index (χ0n) is 22.6. The Morgan fingerprint density at radius 3 is 2.24 bits per heavy atom. The average molecular weight is 522 g/mol. The van der Waals surface area contributed by atoms with E-state index in [1.165, 1.54) is 44.9 Å². The summed E-state index contributed by atoms with van der Waals surface area (Å²) in [5.41, 5.74) is 1.27. The molecular weight excluding hydrogens is 482 g/mol. The highest BCUT2D eigenvalue weighted by molar-refractivity contribution is 5.83. The molecule has 1 atom stereocenters. The molecule has 1 N–H and O–H groups in total. The SMILES string of the molecule is COc1cc2cc([C@@H](c3nnnn3C3CCCC3)N3CCN(C4CCCCC4)CC3)c(=O)[nH]c2cc1OC. The van der Waals surface area contributed by atoms with E-state index in [4.69, 9.17) is 9.47 Å². The minimum absolute atomic E-state index is 0.120. The van der Waals surface area contributed by atoms with Gasteiger partial charge in [-0.1, -0.05) is 32.1 Å². The molecule has 10 nitrogen and oxygen atoms in total. The van der Waals surface area contributed by atoms with E-state index in [0.29, 0.717) is 28.6 Å². The highest BCUT2D eigenvalue weighted by atomic mass is 16.5. The zero-order valence-corrected chi connectivity index (χ0v) is 22.6. The number of ether oxygens (including phenoxy) is 2. The van der Waals surface area contributed by atoms with Crippen molar-refractivity contribution in [1.82, 2.24) is 35.0 Å². The predicted octanol–water partition coefficient (Wildman–Crippen LogP) is 3.69. The Kier molecular flexibility index (Phi) is 7.34. The molecule has 1 aliphatic heterocycles. The molecule has 2 saturated carbocycles. The van der Waals surface area contributed by atoms with Gasteiger partial charge in [-0.05, 0) is 48.2 Å². The van der Waals surface area contributed by atoms with Crippen LogP contribution in [-0.2, 0) is 0 Å². The van der Waals surface area contributed by atoms with Gasteiger partial charge in [0.15, 0.2) is 17.3 Å². The number of aromatic nitrogens is 5. The summed E-state index contributed by atoms with van der Waals surface area (Å²) in [5, 5.41) is 14.0. The van der Waals surface area contributed by atoms with Gasteiger partial charge >= 0.3 is 0 Å². The lowest BCUT2D eigenvalue weighted by atomic mass is 9.93. The molecule has 6 rings (SSSR count). The van der Waals surface area contributed by atoms with Gasteiger partial charge in [-0.3, -0.25) is 14.6 Å². The van der Waals surface area contributed by atoms with E-state index in [1.807, 2.05) is 22.9 Å². The maximum Gasteiger partial charge on any atom is 0.253 e. The number of hydrogen-bond donors (Lipinski definition) is 1. The van der Waals surface area contributed by atoms with Crippen molar-refractivity contribution < 1.29 is 9.47 Å². The van der Waals surface area contributed by atoms with Crippen molar-refractivity contribution in [3.8, 4) is 11.5 Å². The Hall–Kier alpha value is -2.98. The Balaban J connectivity index is 1.38. The van der Waals surface area contributed by atoms with Gasteiger partial charge in [0.2, 0.25) is 0 Å². The van der Waals surface area contributed by atoms with Crippen LogP contribution in [0.3, 0.4) is 0 Å². The summed E-state index contributed by atoms with van der Waals surface area (Å²) in [6.45, 7) is 3.76. The minimum atomic E-state index is -0.319. The molecular formula is C28H39N7O3. The van der Waals surface area contributed by atoms with Crippen molar-refractivity contribution in [2.75, 3.05) is 40.4 Å². The van der Waals surface area contributed by atoms with Gasteiger partial charge in [-0.2, -0.15) is 0 Å². The number of tetrazole rings is 1. The Bertz CT molecular complexity index is 1300. The summed E-state index contributed by atoms with van der Waals surface area (Å²) < 4.78 is 13.0. The largest absolute Gasteiger partial charge is 0.493 e. The first kappa shape index (κ1) is 25.3. The molecule has 2 aromatic heterocycles. The zero-order chi connectivity index (χ0) is 26.1. The van der Waals surface area contributed by atoms with Crippen molar-refractivity contribution in [1.29, 1.82) is 0 Å². The molecule has 10 heteroatoms. The molecule has 3 fully saturated rings. The number of nitrogens with zero attached hydrogens (tertiary/aromatic N) is 6. The fourth-order valence-electron chi connectivity index (χ4n) is 6.85. The van der Waals surface area contributed by atoms with Crippen LogP contribution in [0.25, 0.3) is 10.9 Å². The van der Waals surface area contributed by atoms with Crippen molar-refractivity contribution in [2.24, 2.45) is 0 Å². The summed E-state index contributed by atoms with van der Waals surface area (Å²) in [4.78, 5) is 21.8. The standard InChI is InChI=1S/C28H39N7O3/c1-37-24-17-19-16-22(28(36)29-23(19)18-25(24)38-2)26(27-30-31-32-35(27)21-10-6-7-11-21)34-14-12-33(13-15-34)20-8-4-3-5-9-20/h16-18,20-21,26H,3-15H2,1-2H3,(H,29,36)/t26-/m0/s1. The van der Waals surface area contributed by atoms with E-state index in [0.717, 1.165) is 50.2 Å². The van der Waals surface area contributed by atoms with E-state index >= 15 is 0 Å². The molecule has 1 saturated heterocycles. The lowest BCUT2D eigenvalue weighted by molar-refractivity contribution is 0.0613. The molecule has 0 spiro atoms. The third-order valence-electron chi connectivity index (χ3n) is 8.91.